The molecule has 100 valence electrons. The zero-order valence-corrected chi connectivity index (χ0v) is 11.2. The minimum absolute atomic E-state index is 0.135. The zero-order chi connectivity index (χ0) is 14.1. The molecule has 0 spiro atoms. The number of carbonyl (C=O) groups excluding carboxylic acids is 1. The van der Waals surface area contributed by atoms with Crippen LogP contribution in [0.2, 0.25) is 0 Å². The van der Waals surface area contributed by atoms with Gasteiger partial charge < -0.3 is 11.1 Å². The third kappa shape index (κ3) is 2.23. The number of fused-ring (bicyclic) bond motifs is 1. The van der Waals surface area contributed by atoms with E-state index in [-0.39, 0.29) is 11.3 Å². The molecule has 0 bridgehead atoms. The normalized spacial score (nSPS) is 10.7. The van der Waals surface area contributed by atoms with E-state index >= 15 is 0 Å². The maximum Gasteiger partial charge on any atom is 0.257 e. The number of amides is 1. The van der Waals surface area contributed by atoms with Crippen molar-refractivity contribution in [2.24, 2.45) is 0 Å². The van der Waals surface area contributed by atoms with Crippen molar-refractivity contribution in [2.75, 3.05) is 11.1 Å². The van der Waals surface area contributed by atoms with E-state index in [2.05, 4.69) is 5.32 Å². The largest absolute Gasteiger partial charge is 0.396 e. The van der Waals surface area contributed by atoms with Crippen LogP contribution in [0.5, 0.6) is 0 Å². The van der Waals surface area contributed by atoms with E-state index in [0.717, 1.165) is 10.1 Å². The molecule has 3 rings (SSSR count). The molecule has 20 heavy (non-hydrogen) atoms. The fourth-order valence-corrected chi connectivity index (χ4v) is 2.75. The second-order valence-corrected chi connectivity index (χ2v) is 5.28. The number of anilines is 2. The summed E-state index contributed by atoms with van der Waals surface area (Å²) >= 11 is 1.63. The Morgan fingerprint density at radius 2 is 2.05 bits per heavy atom. The second kappa shape index (κ2) is 4.94. The molecule has 0 aliphatic carbocycles. The number of benzene rings is 2. The maximum atomic E-state index is 13.3. The Kier molecular flexibility index (Phi) is 3.12. The fraction of sp³-hybridized carbons (Fsp3) is 0. The lowest BCUT2D eigenvalue weighted by Gasteiger charge is -2.08. The summed E-state index contributed by atoms with van der Waals surface area (Å²) in [6.07, 6.45) is 0. The van der Waals surface area contributed by atoms with E-state index in [1.165, 1.54) is 18.2 Å². The molecule has 5 heteroatoms. The van der Waals surface area contributed by atoms with Crippen LogP contribution in [-0.4, -0.2) is 5.91 Å². The number of para-hydroxylation sites is 1. The van der Waals surface area contributed by atoms with Gasteiger partial charge >= 0.3 is 0 Å². The minimum atomic E-state index is -0.592. The smallest absolute Gasteiger partial charge is 0.257 e. The molecule has 3 N–H and O–H groups in total. The number of rotatable bonds is 2. The molecule has 0 saturated carbocycles. The highest BCUT2D eigenvalue weighted by Crippen LogP contribution is 2.25. The number of nitrogens with one attached hydrogen (secondary N) is 1. The molecule has 0 aliphatic rings. The lowest BCUT2D eigenvalue weighted by atomic mass is 10.1. The topological polar surface area (TPSA) is 55.1 Å². The van der Waals surface area contributed by atoms with Crippen molar-refractivity contribution in [1.82, 2.24) is 0 Å². The molecule has 0 unspecified atom stereocenters. The first kappa shape index (κ1) is 12.6. The first-order valence-electron chi connectivity index (χ1n) is 5.98. The van der Waals surface area contributed by atoms with Crippen LogP contribution in [-0.2, 0) is 0 Å². The summed E-state index contributed by atoms with van der Waals surface area (Å²) in [5.41, 5.74) is 6.23. The highest BCUT2D eigenvalue weighted by Gasteiger charge is 2.12. The van der Waals surface area contributed by atoms with Gasteiger partial charge in [-0.15, -0.1) is 11.3 Å². The summed E-state index contributed by atoms with van der Waals surface area (Å²) in [7, 11) is 0. The monoisotopic (exact) mass is 286 g/mol. The van der Waals surface area contributed by atoms with Gasteiger partial charge in [-0.25, -0.2) is 4.39 Å². The van der Waals surface area contributed by atoms with Crippen LogP contribution < -0.4 is 11.1 Å². The third-order valence-electron chi connectivity index (χ3n) is 3.01. The van der Waals surface area contributed by atoms with Crippen LogP contribution in [0, 0.1) is 5.82 Å². The number of carbonyl (C=O) groups is 1. The van der Waals surface area contributed by atoms with Crippen LogP contribution in [0.4, 0.5) is 15.8 Å². The minimum Gasteiger partial charge on any atom is -0.396 e. The standard InChI is InChI=1S/C15H11FN2OS/c16-12-3-1-2-11(14(12)17)15(19)18-10-4-5-13-9(8-10)6-7-20-13/h1-8H,17H2,(H,18,19). The molecule has 0 radical (unpaired) electrons. The molecule has 0 saturated heterocycles. The predicted molar refractivity (Wildman–Crippen MR) is 80.6 cm³/mol. The number of hydrogen-bond acceptors (Lipinski definition) is 3. The zero-order valence-electron chi connectivity index (χ0n) is 10.4. The highest BCUT2D eigenvalue weighted by atomic mass is 32.1. The van der Waals surface area contributed by atoms with Crippen molar-refractivity contribution >= 4 is 38.7 Å². The van der Waals surface area contributed by atoms with Crippen molar-refractivity contribution in [2.45, 2.75) is 0 Å². The summed E-state index contributed by atoms with van der Waals surface area (Å²) in [5.74, 6) is -1.01. The van der Waals surface area contributed by atoms with Crippen LogP contribution >= 0.6 is 11.3 Å². The Morgan fingerprint density at radius 3 is 2.90 bits per heavy atom. The van der Waals surface area contributed by atoms with Gasteiger partial charge in [0, 0.05) is 10.4 Å². The molecule has 0 fully saturated rings. The van der Waals surface area contributed by atoms with E-state index in [1.807, 2.05) is 29.6 Å². The predicted octanol–water partition coefficient (Wildman–Crippen LogP) is 3.87. The van der Waals surface area contributed by atoms with Crippen LogP contribution in [0.25, 0.3) is 10.1 Å². The van der Waals surface area contributed by atoms with Crippen molar-refractivity contribution in [3.63, 3.8) is 0 Å². The van der Waals surface area contributed by atoms with E-state index in [1.54, 1.807) is 11.3 Å². The Bertz CT molecular complexity index is 797. The van der Waals surface area contributed by atoms with E-state index in [4.69, 9.17) is 5.73 Å². The summed E-state index contributed by atoms with van der Waals surface area (Å²) in [6.45, 7) is 0. The first-order valence-corrected chi connectivity index (χ1v) is 6.86. The molecular weight excluding hydrogens is 275 g/mol. The lowest BCUT2D eigenvalue weighted by molar-refractivity contribution is 0.102. The Balaban J connectivity index is 1.90. The fourth-order valence-electron chi connectivity index (χ4n) is 1.98. The molecular formula is C15H11FN2OS. The number of thiophene rings is 1. The van der Waals surface area contributed by atoms with Gasteiger partial charge in [0.1, 0.15) is 5.82 Å². The average Bonchev–Trinajstić information content (AvgIpc) is 2.89. The van der Waals surface area contributed by atoms with Gasteiger partial charge in [0.2, 0.25) is 0 Å². The Hall–Kier alpha value is -2.40. The van der Waals surface area contributed by atoms with Crippen molar-refractivity contribution < 1.29 is 9.18 Å². The van der Waals surface area contributed by atoms with Crippen LogP contribution in [0.15, 0.2) is 47.8 Å². The molecule has 1 amide bonds. The molecule has 1 heterocycles. The maximum absolute atomic E-state index is 13.3. The van der Waals surface area contributed by atoms with Crippen LogP contribution in [0.1, 0.15) is 10.4 Å². The number of hydrogen-bond donors (Lipinski definition) is 2. The van der Waals surface area contributed by atoms with Crippen molar-refractivity contribution in [3.05, 3.63) is 59.2 Å². The van der Waals surface area contributed by atoms with Crippen molar-refractivity contribution in [1.29, 1.82) is 0 Å². The van der Waals surface area contributed by atoms with Gasteiger partial charge in [-0.05, 0) is 47.2 Å². The molecule has 0 atom stereocenters. The summed E-state index contributed by atoms with van der Waals surface area (Å²) in [4.78, 5) is 12.1. The SMILES string of the molecule is Nc1c(F)cccc1C(=O)Nc1ccc2sccc2c1. The quantitative estimate of drug-likeness (QED) is 0.702. The van der Waals surface area contributed by atoms with Gasteiger partial charge in [-0.1, -0.05) is 6.07 Å². The third-order valence-corrected chi connectivity index (χ3v) is 3.91. The van der Waals surface area contributed by atoms with Gasteiger partial charge in [0.25, 0.3) is 5.91 Å². The first-order chi connectivity index (χ1) is 9.65. The van der Waals surface area contributed by atoms with E-state index < -0.39 is 11.7 Å². The second-order valence-electron chi connectivity index (χ2n) is 4.33. The average molecular weight is 286 g/mol. The summed E-state index contributed by atoms with van der Waals surface area (Å²) in [6, 6.07) is 11.8. The summed E-state index contributed by atoms with van der Waals surface area (Å²) < 4.78 is 14.5. The number of halogens is 1. The van der Waals surface area contributed by atoms with Gasteiger partial charge in [-0.2, -0.15) is 0 Å². The highest BCUT2D eigenvalue weighted by molar-refractivity contribution is 7.17. The van der Waals surface area contributed by atoms with E-state index in [0.29, 0.717) is 5.69 Å². The lowest BCUT2D eigenvalue weighted by Crippen LogP contribution is -2.14. The summed E-state index contributed by atoms with van der Waals surface area (Å²) in [5, 5.41) is 5.77. The van der Waals surface area contributed by atoms with Crippen molar-refractivity contribution in [3.8, 4) is 0 Å². The van der Waals surface area contributed by atoms with Gasteiger partial charge in [0.05, 0.1) is 11.3 Å². The van der Waals surface area contributed by atoms with Gasteiger partial charge in [-0.3, -0.25) is 4.79 Å². The molecule has 3 nitrogen and oxygen atoms in total. The Labute approximate surface area is 118 Å². The van der Waals surface area contributed by atoms with Gasteiger partial charge in [0.15, 0.2) is 0 Å². The Morgan fingerprint density at radius 1 is 1.20 bits per heavy atom. The molecule has 1 aromatic heterocycles. The number of nitrogens with two attached hydrogens (primary N) is 1. The molecule has 2 aromatic carbocycles. The van der Waals surface area contributed by atoms with Crippen LogP contribution in [0.3, 0.4) is 0 Å². The molecule has 0 aliphatic heterocycles. The van der Waals surface area contributed by atoms with E-state index in [9.17, 15) is 9.18 Å². The molecule has 3 aromatic rings. The number of nitrogen functional groups attached to an aromatic ring is 1.